The molecular formula is C16H18N2O4. The van der Waals surface area contributed by atoms with Gasteiger partial charge in [0.2, 0.25) is 5.88 Å². The van der Waals surface area contributed by atoms with Gasteiger partial charge in [0.25, 0.3) is 5.91 Å². The molecule has 6 nitrogen and oxygen atoms in total. The standard InChI is InChI=1S/C16H18N2O4/c1-4-10-8(2)16(22-18-10)17-15(20)13-9(3)21-12-7-5-6-11(19)14(12)13/h4-7H2,1-3H3,(H,17,20). The molecule has 2 aromatic heterocycles. The van der Waals surface area contributed by atoms with Crippen molar-refractivity contribution in [2.24, 2.45) is 0 Å². The Morgan fingerprint density at radius 3 is 2.77 bits per heavy atom. The van der Waals surface area contributed by atoms with E-state index in [1.165, 1.54) is 0 Å². The first-order chi connectivity index (χ1) is 10.5. The maximum absolute atomic E-state index is 12.6. The topological polar surface area (TPSA) is 85.3 Å². The number of hydrogen-bond acceptors (Lipinski definition) is 5. The first-order valence-corrected chi connectivity index (χ1v) is 7.44. The van der Waals surface area contributed by atoms with Crippen LogP contribution < -0.4 is 5.32 Å². The molecule has 0 fully saturated rings. The number of carbonyl (C=O) groups excluding carboxylic acids is 2. The summed E-state index contributed by atoms with van der Waals surface area (Å²) in [6, 6.07) is 0. The highest BCUT2D eigenvalue weighted by Gasteiger charge is 2.31. The van der Waals surface area contributed by atoms with E-state index in [1.54, 1.807) is 6.92 Å². The van der Waals surface area contributed by atoms with Crippen molar-refractivity contribution in [3.8, 4) is 0 Å². The Hall–Kier alpha value is -2.37. The first kappa shape index (κ1) is 14.6. The fraction of sp³-hybridized carbons (Fsp3) is 0.438. The molecule has 0 aromatic carbocycles. The number of furan rings is 1. The van der Waals surface area contributed by atoms with Crippen molar-refractivity contribution in [2.75, 3.05) is 5.32 Å². The Morgan fingerprint density at radius 1 is 1.32 bits per heavy atom. The van der Waals surface area contributed by atoms with Crippen LogP contribution in [-0.4, -0.2) is 16.8 Å². The van der Waals surface area contributed by atoms with Crippen LogP contribution >= 0.6 is 0 Å². The van der Waals surface area contributed by atoms with Crippen LogP contribution in [0.3, 0.4) is 0 Å². The SMILES string of the molecule is CCc1noc(NC(=O)c2c(C)oc3c2C(=O)CCC3)c1C. The zero-order valence-corrected chi connectivity index (χ0v) is 12.9. The minimum atomic E-state index is -0.389. The lowest BCUT2D eigenvalue weighted by Gasteiger charge is -2.09. The summed E-state index contributed by atoms with van der Waals surface area (Å²) in [5.74, 6) is 0.971. The quantitative estimate of drug-likeness (QED) is 0.940. The molecule has 2 aromatic rings. The van der Waals surface area contributed by atoms with E-state index in [4.69, 9.17) is 8.94 Å². The Balaban J connectivity index is 1.94. The third-order valence-corrected chi connectivity index (χ3v) is 4.05. The van der Waals surface area contributed by atoms with E-state index in [2.05, 4.69) is 10.5 Å². The normalized spacial score (nSPS) is 14.0. The molecule has 6 heteroatoms. The summed E-state index contributed by atoms with van der Waals surface area (Å²) < 4.78 is 10.8. The van der Waals surface area contributed by atoms with Gasteiger partial charge in [0.15, 0.2) is 5.78 Å². The van der Waals surface area contributed by atoms with Gasteiger partial charge in [-0.3, -0.25) is 14.9 Å². The second-order valence-electron chi connectivity index (χ2n) is 5.50. The largest absolute Gasteiger partial charge is 0.465 e. The number of fused-ring (bicyclic) bond motifs is 1. The van der Waals surface area contributed by atoms with Gasteiger partial charge in [0.05, 0.1) is 16.8 Å². The van der Waals surface area contributed by atoms with Crippen LogP contribution in [0.5, 0.6) is 0 Å². The van der Waals surface area contributed by atoms with Gasteiger partial charge in [0.1, 0.15) is 11.5 Å². The number of aryl methyl sites for hydroxylation is 3. The van der Waals surface area contributed by atoms with Gasteiger partial charge in [0, 0.05) is 18.4 Å². The lowest BCUT2D eigenvalue weighted by atomic mass is 9.93. The Kier molecular flexibility index (Phi) is 3.60. The summed E-state index contributed by atoms with van der Waals surface area (Å²) in [6.07, 6.45) is 2.63. The predicted octanol–water partition coefficient (Wildman–Crippen LogP) is 3.22. The number of carbonyl (C=O) groups is 2. The van der Waals surface area contributed by atoms with Gasteiger partial charge in [-0.2, -0.15) is 0 Å². The molecule has 0 bridgehead atoms. The van der Waals surface area contributed by atoms with Crippen molar-refractivity contribution in [1.29, 1.82) is 0 Å². The van der Waals surface area contributed by atoms with E-state index in [-0.39, 0.29) is 11.7 Å². The van der Waals surface area contributed by atoms with E-state index < -0.39 is 0 Å². The minimum absolute atomic E-state index is 0.0354. The third kappa shape index (κ3) is 2.24. The molecule has 1 aliphatic carbocycles. The van der Waals surface area contributed by atoms with E-state index in [0.717, 1.165) is 24.1 Å². The second-order valence-corrected chi connectivity index (χ2v) is 5.50. The van der Waals surface area contributed by atoms with Gasteiger partial charge >= 0.3 is 0 Å². The molecule has 2 heterocycles. The van der Waals surface area contributed by atoms with Crippen LogP contribution in [-0.2, 0) is 12.8 Å². The van der Waals surface area contributed by atoms with E-state index in [0.29, 0.717) is 41.4 Å². The molecule has 0 aliphatic heterocycles. The summed E-state index contributed by atoms with van der Waals surface area (Å²) in [6.45, 7) is 5.50. The van der Waals surface area contributed by atoms with Crippen LogP contribution in [0.25, 0.3) is 0 Å². The maximum atomic E-state index is 12.6. The number of anilines is 1. The maximum Gasteiger partial charge on any atom is 0.262 e. The number of hydrogen-bond donors (Lipinski definition) is 1. The van der Waals surface area contributed by atoms with Crippen LogP contribution in [0.2, 0.25) is 0 Å². The number of ketones is 1. The minimum Gasteiger partial charge on any atom is -0.465 e. The molecule has 22 heavy (non-hydrogen) atoms. The zero-order valence-electron chi connectivity index (χ0n) is 12.9. The van der Waals surface area contributed by atoms with Crippen LogP contribution in [0.15, 0.2) is 8.94 Å². The van der Waals surface area contributed by atoms with Gasteiger partial charge < -0.3 is 8.94 Å². The highest BCUT2D eigenvalue weighted by Crippen LogP contribution is 2.30. The zero-order chi connectivity index (χ0) is 15.9. The molecule has 1 aliphatic rings. The molecular weight excluding hydrogens is 284 g/mol. The smallest absolute Gasteiger partial charge is 0.262 e. The van der Waals surface area contributed by atoms with E-state index >= 15 is 0 Å². The van der Waals surface area contributed by atoms with Crippen molar-refractivity contribution in [1.82, 2.24) is 5.16 Å². The Morgan fingerprint density at radius 2 is 2.09 bits per heavy atom. The third-order valence-electron chi connectivity index (χ3n) is 4.05. The summed E-state index contributed by atoms with van der Waals surface area (Å²) >= 11 is 0. The molecule has 0 saturated heterocycles. The van der Waals surface area contributed by atoms with Crippen molar-refractivity contribution in [2.45, 2.75) is 46.5 Å². The predicted molar refractivity (Wildman–Crippen MR) is 79.3 cm³/mol. The fourth-order valence-electron chi connectivity index (χ4n) is 2.86. The van der Waals surface area contributed by atoms with E-state index in [1.807, 2.05) is 13.8 Å². The monoisotopic (exact) mass is 302 g/mol. The van der Waals surface area contributed by atoms with Crippen molar-refractivity contribution in [3.63, 3.8) is 0 Å². The molecule has 116 valence electrons. The highest BCUT2D eigenvalue weighted by atomic mass is 16.5. The van der Waals surface area contributed by atoms with Crippen molar-refractivity contribution >= 4 is 17.6 Å². The molecule has 0 atom stereocenters. The fourth-order valence-corrected chi connectivity index (χ4v) is 2.86. The molecule has 0 unspecified atom stereocenters. The van der Waals surface area contributed by atoms with Crippen molar-refractivity contribution < 1.29 is 18.5 Å². The van der Waals surface area contributed by atoms with Gasteiger partial charge in [-0.05, 0) is 26.7 Å². The molecule has 3 rings (SSSR count). The number of aromatic nitrogens is 1. The average molecular weight is 302 g/mol. The molecule has 1 N–H and O–H groups in total. The Bertz CT molecular complexity index is 755. The number of Topliss-reactive ketones (excluding diaryl/α,β-unsaturated/α-hetero) is 1. The summed E-state index contributed by atoms with van der Waals surface area (Å²) in [5, 5.41) is 6.61. The average Bonchev–Trinajstić information content (AvgIpc) is 3.00. The van der Waals surface area contributed by atoms with E-state index in [9.17, 15) is 9.59 Å². The summed E-state index contributed by atoms with van der Waals surface area (Å²) in [4.78, 5) is 24.7. The van der Waals surface area contributed by atoms with Crippen LogP contribution in [0, 0.1) is 13.8 Å². The van der Waals surface area contributed by atoms with Gasteiger partial charge in [-0.25, -0.2) is 0 Å². The molecule has 0 saturated carbocycles. The number of nitrogens with zero attached hydrogens (tertiary/aromatic N) is 1. The van der Waals surface area contributed by atoms with Gasteiger partial charge in [-0.1, -0.05) is 12.1 Å². The molecule has 0 spiro atoms. The first-order valence-electron chi connectivity index (χ1n) is 7.44. The molecule has 1 amide bonds. The van der Waals surface area contributed by atoms with Gasteiger partial charge in [-0.15, -0.1) is 0 Å². The molecule has 0 radical (unpaired) electrons. The van der Waals surface area contributed by atoms with Crippen LogP contribution in [0.4, 0.5) is 5.88 Å². The van der Waals surface area contributed by atoms with Crippen LogP contribution in [0.1, 0.15) is 63.3 Å². The summed E-state index contributed by atoms with van der Waals surface area (Å²) in [5.41, 5.74) is 2.34. The lowest BCUT2D eigenvalue weighted by molar-refractivity contribution is 0.0954. The number of amides is 1. The Labute approximate surface area is 127 Å². The highest BCUT2D eigenvalue weighted by molar-refractivity contribution is 6.14. The number of nitrogens with one attached hydrogen (secondary N) is 1. The second kappa shape index (κ2) is 5.44. The number of rotatable bonds is 3. The lowest BCUT2D eigenvalue weighted by Crippen LogP contribution is -2.18. The summed E-state index contributed by atoms with van der Waals surface area (Å²) in [7, 11) is 0. The van der Waals surface area contributed by atoms with Crippen molar-refractivity contribution in [3.05, 3.63) is 33.9 Å².